The first kappa shape index (κ1) is 15.2. The number of carbonyl (C=O) groups is 2. The number of nitrogens with zero attached hydrogens (tertiary/aromatic N) is 2. The van der Waals surface area contributed by atoms with Crippen LogP contribution in [0.2, 0.25) is 0 Å². The summed E-state index contributed by atoms with van der Waals surface area (Å²) in [7, 11) is 0. The van der Waals surface area contributed by atoms with Crippen molar-refractivity contribution in [1.82, 2.24) is 15.2 Å². The molecule has 2 heterocycles. The Kier molecular flexibility index (Phi) is 4.37. The largest absolute Gasteiger partial charge is 0.352 e. The van der Waals surface area contributed by atoms with Crippen LogP contribution in [0.25, 0.3) is 0 Å². The zero-order valence-electron chi connectivity index (χ0n) is 13.0. The van der Waals surface area contributed by atoms with Crippen molar-refractivity contribution in [3.63, 3.8) is 0 Å². The number of benzene rings is 1. The molecule has 1 unspecified atom stereocenters. The van der Waals surface area contributed by atoms with Gasteiger partial charge in [0, 0.05) is 25.5 Å². The predicted molar refractivity (Wildman–Crippen MR) is 86.6 cm³/mol. The summed E-state index contributed by atoms with van der Waals surface area (Å²) in [6.45, 7) is 2.95. The maximum absolute atomic E-state index is 12.8. The lowest BCUT2D eigenvalue weighted by Crippen LogP contribution is -2.52. The summed E-state index contributed by atoms with van der Waals surface area (Å²) >= 11 is 0. The summed E-state index contributed by atoms with van der Waals surface area (Å²) in [5.74, 6) is -0.162. The fourth-order valence-corrected chi connectivity index (χ4v) is 2.87. The highest BCUT2D eigenvalue weighted by Gasteiger charge is 2.34. The molecule has 23 heavy (non-hydrogen) atoms. The quantitative estimate of drug-likeness (QED) is 0.937. The van der Waals surface area contributed by atoms with Gasteiger partial charge in [-0.3, -0.25) is 14.6 Å². The molecule has 5 heteroatoms. The molecule has 1 aromatic heterocycles. The third-order valence-electron chi connectivity index (χ3n) is 4.13. The van der Waals surface area contributed by atoms with E-state index in [1.165, 1.54) is 0 Å². The Hall–Kier alpha value is -2.69. The highest BCUT2D eigenvalue weighted by Crippen LogP contribution is 2.24. The van der Waals surface area contributed by atoms with Gasteiger partial charge in [-0.05, 0) is 29.7 Å². The summed E-state index contributed by atoms with van der Waals surface area (Å²) in [4.78, 5) is 30.8. The smallest absolute Gasteiger partial charge is 0.247 e. The minimum atomic E-state index is -0.556. The summed E-state index contributed by atoms with van der Waals surface area (Å²) in [5, 5.41) is 2.85. The van der Waals surface area contributed by atoms with E-state index in [4.69, 9.17) is 0 Å². The molecule has 5 nitrogen and oxygen atoms in total. The number of rotatable bonds is 3. The zero-order chi connectivity index (χ0) is 16.2. The molecule has 1 atom stereocenters. The van der Waals surface area contributed by atoms with Crippen LogP contribution in [0.5, 0.6) is 0 Å². The normalized spacial score (nSPS) is 17.7. The van der Waals surface area contributed by atoms with E-state index in [2.05, 4.69) is 10.3 Å². The van der Waals surface area contributed by atoms with Crippen molar-refractivity contribution in [2.75, 3.05) is 13.1 Å². The fourth-order valence-electron chi connectivity index (χ4n) is 2.87. The number of hydrogen-bond acceptors (Lipinski definition) is 3. The molecule has 2 amide bonds. The van der Waals surface area contributed by atoms with Crippen molar-refractivity contribution in [3.8, 4) is 0 Å². The number of hydrogen-bond donors (Lipinski definition) is 1. The lowest BCUT2D eigenvalue weighted by atomic mass is 10.0. The molecule has 118 valence electrons. The molecule has 0 radical (unpaired) electrons. The van der Waals surface area contributed by atoms with Gasteiger partial charge in [-0.2, -0.15) is 0 Å². The van der Waals surface area contributed by atoms with Gasteiger partial charge in [0.1, 0.15) is 6.04 Å². The zero-order valence-corrected chi connectivity index (χ0v) is 13.0. The first-order valence-corrected chi connectivity index (χ1v) is 7.68. The maximum Gasteiger partial charge on any atom is 0.247 e. The lowest BCUT2D eigenvalue weighted by Gasteiger charge is -2.35. The van der Waals surface area contributed by atoms with E-state index in [-0.39, 0.29) is 18.2 Å². The van der Waals surface area contributed by atoms with Crippen molar-refractivity contribution in [2.24, 2.45) is 0 Å². The summed E-state index contributed by atoms with van der Waals surface area (Å²) < 4.78 is 0. The molecule has 0 saturated carbocycles. The lowest BCUT2D eigenvalue weighted by molar-refractivity contribution is -0.143. The van der Waals surface area contributed by atoms with Gasteiger partial charge >= 0.3 is 0 Å². The van der Waals surface area contributed by atoms with Crippen molar-refractivity contribution < 1.29 is 9.59 Å². The average molecular weight is 309 g/mol. The van der Waals surface area contributed by atoms with Crippen LogP contribution >= 0.6 is 0 Å². The Morgan fingerprint density at radius 2 is 2.09 bits per heavy atom. The van der Waals surface area contributed by atoms with Crippen LogP contribution in [0.4, 0.5) is 0 Å². The maximum atomic E-state index is 12.8. The fraction of sp³-hybridized carbons (Fsp3) is 0.278. The predicted octanol–water partition coefficient (Wildman–Crippen LogP) is 1.63. The van der Waals surface area contributed by atoms with Gasteiger partial charge in [-0.1, -0.05) is 30.3 Å². The number of nitrogens with one attached hydrogen (secondary N) is 1. The molecule has 1 fully saturated rings. The second kappa shape index (κ2) is 6.60. The van der Waals surface area contributed by atoms with Crippen LogP contribution in [-0.2, 0) is 16.0 Å². The van der Waals surface area contributed by atoms with Crippen LogP contribution < -0.4 is 5.32 Å². The Labute approximate surface area is 135 Å². The molecule has 1 saturated heterocycles. The van der Waals surface area contributed by atoms with E-state index in [0.29, 0.717) is 13.1 Å². The van der Waals surface area contributed by atoms with E-state index in [1.807, 2.05) is 43.3 Å². The number of aromatic nitrogens is 1. The van der Waals surface area contributed by atoms with Gasteiger partial charge in [-0.25, -0.2) is 0 Å². The monoisotopic (exact) mass is 309 g/mol. The summed E-state index contributed by atoms with van der Waals surface area (Å²) in [6.07, 6.45) is 3.72. The van der Waals surface area contributed by atoms with Crippen molar-refractivity contribution in [3.05, 3.63) is 65.5 Å². The highest BCUT2D eigenvalue weighted by atomic mass is 16.2. The summed E-state index contributed by atoms with van der Waals surface area (Å²) in [5.41, 5.74) is 2.77. The van der Waals surface area contributed by atoms with E-state index >= 15 is 0 Å². The Morgan fingerprint density at radius 3 is 2.83 bits per heavy atom. The minimum Gasteiger partial charge on any atom is -0.352 e. The number of amides is 2. The van der Waals surface area contributed by atoms with Crippen LogP contribution in [0.3, 0.4) is 0 Å². The van der Waals surface area contributed by atoms with Gasteiger partial charge in [0.05, 0.1) is 6.42 Å². The molecule has 1 aromatic carbocycles. The highest BCUT2D eigenvalue weighted by molar-refractivity contribution is 5.90. The molecule has 0 bridgehead atoms. The molecule has 1 aliphatic heterocycles. The summed E-state index contributed by atoms with van der Waals surface area (Å²) in [6, 6.07) is 10.7. The van der Waals surface area contributed by atoms with Crippen molar-refractivity contribution >= 4 is 11.8 Å². The minimum absolute atomic E-state index is 0.0389. The van der Waals surface area contributed by atoms with Gasteiger partial charge in [0.2, 0.25) is 11.8 Å². The van der Waals surface area contributed by atoms with Gasteiger partial charge < -0.3 is 10.2 Å². The third-order valence-corrected chi connectivity index (χ3v) is 4.13. The van der Waals surface area contributed by atoms with Crippen molar-refractivity contribution in [2.45, 2.75) is 19.4 Å². The topological polar surface area (TPSA) is 62.3 Å². The Balaban J connectivity index is 1.85. The standard InChI is InChI=1S/C18H19N3O2/c1-13-12-19-8-7-15(13)11-16(22)21-10-9-20-18(23)17(21)14-5-3-2-4-6-14/h2-8,12,17H,9-11H2,1H3,(H,20,23). The van der Waals surface area contributed by atoms with Crippen LogP contribution in [0.1, 0.15) is 22.7 Å². The van der Waals surface area contributed by atoms with Gasteiger partial charge in [0.15, 0.2) is 0 Å². The van der Waals surface area contributed by atoms with Crippen LogP contribution in [0.15, 0.2) is 48.8 Å². The van der Waals surface area contributed by atoms with E-state index in [0.717, 1.165) is 16.7 Å². The van der Waals surface area contributed by atoms with E-state index in [9.17, 15) is 9.59 Å². The molecular weight excluding hydrogens is 290 g/mol. The molecule has 3 rings (SSSR count). The second-order valence-electron chi connectivity index (χ2n) is 5.67. The number of piperazine rings is 1. The second-order valence-corrected chi connectivity index (χ2v) is 5.67. The molecule has 1 N–H and O–H groups in total. The molecule has 0 aliphatic carbocycles. The SMILES string of the molecule is Cc1cnccc1CC(=O)N1CCNC(=O)C1c1ccccc1. The molecule has 0 spiro atoms. The van der Waals surface area contributed by atoms with Crippen molar-refractivity contribution in [1.29, 1.82) is 0 Å². The Bertz CT molecular complexity index is 715. The first-order chi connectivity index (χ1) is 11.2. The molecular formula is C18H19N3O2. The van der Waals surface area contributed by atoms with Gasteiger partial charge in [-0.15, -0.1) is 0 Å². The average Bonchev–Trinajstić information content (AvgIpc) is 2.57. The third kappa shape index (κ3) is 3.23. The number of pyridine rings is 1. The number of aryl methyl sites for hydroxylation is 1. The van der Waals surface area contributed by atoms with Crippen LogP contribution in [0, 0.1) is 6.92 Å². The number of carbonyl (C=O) groups excluding carboxylic acids is 2. The van der Waals surface area contributed by atoms with E-state index < -0.39 is 6.04 Å². The van der Waals surface area contributed by atoms with Crippen LogP contribution in [-0.4, -0.2) is 34.8 Å². The molecule has 2 aromatic rings. The Morgan fingerprint density at radius 1 is 1.30 bits per heavy atom. The van der Waals surface area contributed by atoms with E-state index in [1.54, 1.807) is 17.3 Å². The van der Waals surface area contributed by atoms with Gasteiger partial charge in [0.25, 0.3) is 0 Å². The first-order valence-electron chi connectivity index (χ1n) is 7.68. The molecule has 1 aliphatic rings.